The van der Waals surface area contributed by atoms with Crippen molar-refractivity contribution in [1.82, 2.24) is 5.32 Å². The molecule has 4 rings (SSSR count). The maximum Gasteiger partial charge on any atom is 0.416 e. The van der Waals surface area contributed by atoms with Gasteiger partial charge in [-0.05, 0) is 90.6 Å². The third-order valence-electron chi connectivity index (χ3n) is 6.53. The molecule has 190 valence electrons. The fourth-order valence-electron chi connectivity index (χ4n) is 4.46. The van der Waals surface area contributed by atoms with Crippen LogP contribution in [0.15, 0.2) is 77.7 Å². The van der Waals surface area contributed by atoms with Crippen molar-refractivity contribution in [2.24, 2.45) is 0 Å². The van der Waals surface area contributed by atoms with Crippen LogP contribution in [0.2, 0.25) is 0 Å². The van der Waals surface area contributed by atoms with Crippen LogP contribution in [0.5, 0.6) is 0 Å². The number of alkyl halides is 3. The normalized spacial score (nSPS) is 17.0. The Morgan fingerprint density at radius 1 is 1.03 bits per heavy atom. The summed E-state index contributed by atoms with van der Waals surface area (Å²) in [5, 5.41) is 2.91. The maximum absolute atomic E-state index is 12.9. The van der Waals surface area contributed by atoms with E-state index < -0.39 is 22.9 Å². The van der Waals surface area contributed by atoms with Crippen LogP contribution in [0.1, 0.15) is 52.7 Å². The number of anilines is 1. The van der Waals surface area contributed by atoms with Gasteiger partial charge in [-0.1, -0.05) is 24.3 Å². The average molecular weight is 515 g/mol. The summed E-state index contributed by atoms with van der Waals surface area (Å²) in [5.41, 5.74) is 2.76. The van der Waals surface area contributed by atoms with Crippen LogP contribution in [-0.4, -0.2) is 29.3 Å². The van der Waals surface area contributed by atoms with Crippen molar-refractivity contribution in [3.05, 3.63) is 95.1 Å². The number of nitrogens with zero attached hydrogens (tertiary/aromatic N) is 1. The molecule has 3 aromatic carbocycles. The molecule has 2 atom stereocenters. The second-order valence-corrected chi connectivity index (χ2v) is 10.7. The van der Waals surface area contributed by atoms with Gasteiger partial charge in [-0.3, -0.25) is 4.79 Å². The summed E-state index contributed by atoms with van der Waals surface area (Å²) in [7, 11) is 0. The molecule has 0 bridgehead atoms. The Bertz CT molecular complexity index is 1150. The highest BCUT2D eigenvalue weighted by molar-refractivity contribution is 7.91. The van der Waals surface area contributed by atoms with E-state index in [1.54, 1.807) is 24.3 Å². The van der Waals surface area contributed by atoms with Crippen molar-refractivity contribution in [1.29, 1.82) is 0 Å². The van der Waals surface area contributed by atoms with E-state index >= 15 is 0 Å². The van der Waals surface area contributed by atoms with Gasteiger partial charge in [0.15, 0.2) is 4.90 Å². The van der Waals surface area contributed by atoms with Gasteiger partial charge in [-0.15, -0.1) is 0 Å². The minimum atomic E-state index is -4.33. The van der Waals surface area contributed by atoms with Crippen LogP contribution in [0.4, 0.5) is 18.9 Å². The van der Waals surface area contributed by atoms with Gasteiger partial charge in [0.05, 0.1) is 5.56 Å². The van der Waals surface area contributed by atoms with Crippen molar-refractivity contribution in [3.8, 4) is 0 Å². The number of amides is 1. The summed E-state index contributed by atoms with van der Waals surface area (Å²) in [4.78, 5) is 15.6. The highest BCUT2D eigenvalue weighted by Crippen LogP contribution is 2.33. The molecule has 1 heterocycles. The summed E-state index contributed by atoms with van der Waals surface area (Å²) in [6.07, 6.45) is -2.46. The third kappa shape index (κ3) is 6.42. The molecule has 1 amide bonds. The number of hydrogen-bond donors (Lipinski definition) is 1. The van der Waals surface area contributed by atoms with Gasteiger partial charge >= 0.3 is 6.18 Å². The number of benzene rings is 3. The molecule has 1 fully saturated rings. The highest BCUT2D eigenvalue weighted by atomic mass is 32.2. The van der Waals surface area contributed by atoms with Gasteiger partial charge in [-0.25, -0.2) is 0 Å². The van der Waals surface area contributed by atoms with Gasteiger partial charge < -0.3 is 14.8 Å². The number of halogens is 3. The minimum absolute atomic E-state index is 0.158. The lowest BCUT2D eigenvalue weighted by molar-refractivity contribution is -0.137. The maximum atomic E-state index is 12.9. The molecule has 0 aliphatic carbocycles. The zero-order valence-corrected chi connectivity index (χ0v) is 20.9. The van der Waals surface area contributed by atoms with Crippen LogP contribution >= 0.6 is 0 Å². The van der Waals surface area contributed by atoms with Gasteiger partial charge in [-0.2, -0.15) is 13.2 Å². The SMILES string of the molecule is CC[S+]([O-])c1ccc(CNC(=O)c2ccc(N3CCCC(c4ccc(C(F)(F)F)cc4)C3)cc2)cc1. The summed E-state index contributed by atoms with van der Waals surface area (Å²) >= 11 is -0.996. The Labute approximate surface area is 212 Å². The van der Waals surface area contributed by atoms with E-state index in [4.69, 9.17) is 0 Å². The molecular formula is C28H29F3N2O2S. The molecule has 1 aliphatic heterocycles. The second-order valence-electron chi connectivity index (χ2n) is 8.91. The number of piperidine rings is 1. The first-order valence-electron chi connectivity index (χ1n) is 12.0. The van der Waals surface area contributed by atoms with Crippen LogP contribution in [0, 0.1) is 0 Å². The zero-order chi connectivity index (χ0) is 25.7. The number of rotatable bonds is 7. The van der Waals surface area contributed by atoms with Crippen LogP contribution in [0.25, 0.3) is 0 Å². The zero-order valence-electron chi connectivity index (χ0n) is 20.1. The number of carbonyl (C=O) groups excluding carboxylic acids is 1. The quantitative estimate of drug-likeness (QED) is 0.385. The molecule has 8 heteroatoms. The van der Waals surface area contributed by atoms with Crippen molar-refractivity contribution < 1.29 is 22.5 Å². The Balaban J connectivity index is 1.33. The van der Waals surface area contributed by atoms with Crippen molar-refractivity contribution in [2.45, 2.75) is 43.3 Å². The molecule has 0 aromatic heterocycles. The first-order valence-corrected chi connectivity index (χ1v) is 13.3. The van der Waals surface area contributed by atoms with Gasteiger partial charge in [0, 0.05) is 36.8 Å². The summed E-state index contributed by atoms with van der Waals surface area (Å²) in [5.74, 6) is 0.549. The Morgan fingerprint density at radius 3 is 2.31 bits per heavy atom. The van der Waals surface area contributed by atoms with E-state index in [1.807, 2.05) is 43.3 Å². The van der Waals surface area contributed by atoms with E-state index in [-0.39, 0.29) is 11.8 Å². The van der Waals surface area contributed by atoms with Gasteiger partial charge in [0.25, 0.3) is 5.91 Å². The number of nitrogens with one attached hydrogen (secondary N) is 1. The van der Waals surface area contributed by atoms with Crippen molar-refractivity contribution in [2.75, 3.05) is 23.7 Å². The first kappa shape index (κ1) is 26.1. The smallest absolute Gasteiger partial charge is 0.416 e. The standard InChI is InChI=1S/C28H29F3N2O2S/c1-2-36(35)26-15-5-20(6-16-26)18-32-27(34)22-9-13-25(14-10-22)33-17-3-4-23(19-33)21-7-11-24(12-8-21)28(29,30)31/h5-16,23H,2-4,17-19H2,1H3,(H,32,34). The molecule has 0 spiro atoms. The lowest BCUT2D eigenvalue weighted by Gasteiger charge is -2.35. The Hall–Kier alpha value is -2.97. The first-order chi connectivity index (χ1) is 17.2. The highest BCUT2D eigenvalue weighted by Gasteiger charge is 2.30. The Morgan fingerprint density at radius 2 is 1.69 bits per heavy atom. The summed E-state index contributed by atoms with van der Waals surface area (Å²) < 4.78 is 50.5. The molecule has 2 unspecified atom stereocenters. The molecule has 0 radical (unpaired) electrons. The van der Waals surface area contributed by atoms with E-state index in [0.717, 1.165) is 59.8 Å². The van der Waals surface area contributed by atoms with Crippen LogP contribution in [0.3, 0.4) is 0 Å². The third-order valence-corrected chi connectivity index (χ3v) is 7.85. The topological polar surface area (TPSA) is 55.4 Å². The molecule has 1 N–H and O–H groups in total. The predicted octanol–water partition coefficient (Wildman–Crippen LogP) is 6.15. The van der Waals surface area contributed by atoms with E-state index in [2.05, 4.69) is 10.2 Å². The largest absolute Gasteiger partial charge is 0.611 e. The molecule has 4 nitrogen and oxygen atoms in total. The molecule has 1 saturated heterocycles. The fraction of sp³-hybridized carbons (Fsp3) is 0.321. The van der Waals surface area contributed by atoms with Crippen LogP contribution in [-0.2, 0) is 23.9 Å². The fourth-order valence-corrected chi connectivity index (χ4v) is 5.23. The molecule has 0 saturated carbocycles. The van der Waals surface area contributed by atoms with Crippen molar-refractivity contribution in [3.63, 3.8) is 0 Å². The second kappa shape index (κ2) is 11.4. The van der Waals surface area contributed by atoms with E-state index in [0.29, 0.717) is 17.9 Å². The molecule has 1 aliphatic rings. The van der Waals surface area contributed by atoms with Crippen LogP contribution < -0.4 is 10.2 Å². The predicted molar refractivity (Wildman–Crippen MR) is 137 cm³/mol. The number of carbonyl (C=O) groups is 1. The lowest BCUT2D eigenvalue weighted by Crippen LogP contribution is -2.34. The molecule has 36 heavy (non-hydrogen) atoms. The van der Waals surface area contributed by atoms with Crippen molar-refractivity contribution >= 4 is 22.8 Å². The summed E-state index contributed by atoms with van der Waals surface area (Å²) in [6, 6.07) is 20.3. The van der Waals surface area contributed by atoms with Gasteiger partial charge in [0.1, 0.15) is 5.75 Å². The summed E-state index contributed by atoms with van der Waals surface area (Å²) in [6.45, 7) is 3.83. The van der Waals surface area contributed by atoms with Gasteiger partial charge in [0.2, 0.25) is 0 Å². The monoisotopic (exact) mass is 514 g/mol. The molecular weight excluding hydrogens is 485 g/mol. The minimum Gasteiger partial charge on any atom is -0.611 e. The van der Waals surface area contributed by atoms with E-state index in [1.165, 1.54) is 0 Å². The molecule has 3 aromatic rings. The van der Waals surface area contributed by atoms with E-state index in [9.17, 15) is 22.5 Å². The Kier molecular flexibility index (Phi) is 8.26. The lowest BCUT2D eigenvalue weighted by atomic mass is 9.90. The number of hydrogen-bond acceptors (Lipinski definition) is 3. The average Bonchev–Trinajstić information content (AvgIpc) is 2.91.